The zero-order valence-corrected chi connectivity index (χ0v) is 10.5. The average molecular weight is 278 g/mol. The summed E-state index contributed by atoms with van der Waals surface area (Å²) in [5, 5.41) is 18.6. The van der Waals surface area contributed by atoms with Crippen LogP contribution in [0, 0.1) is 0 Å². The van der Waals surface area contributed by atoms with Crippen LogP contribution in [0.1, 0.15) is 27.1 Å². The molecule has 2 amide bonds. The molecule has 0 spiro atoms. The van der Waals surface area contributed by atoms with Crippen molar-refractivity contribution in [2.75, 3.05) is 6.54 Å². The molecule has 1 aromatic rings. The van der Waals surface area contributed by atoms with E-state index in [2.05, 4.69) is 0 Å². The van der Waals surface area contributed by atoms with Gasteiger partial charge in [0.25, 0.3) is 5.91 Å². The Labute approximate surface area is 114 Å². The fourth-order valence-corrected chi connectivity index (χ4v) is 2.24. The molecule has 1 aliphatic rings. The number of likely N-dealkylation sites (tertiary alicyclic amines) is 1. The number of nitrogens with two attached hydrogens (primary N) is 1. The number of carbonyl (C=O) groups is 3. The number of amides is 2. The summed E-state index contributed by atoms with van der Waals surface area (Å²) in [7, 11) is 0. The summed E-state index contributed by atoms with van der Waals surface area (Å²) in [6.45, 7) is -0.0450. The summed E-state index contributed by atoms with van der Waals surface area (Å²) >= 11 is 0. The predicted octanol–water partition coefficient (Wildman–Crippen LogP) is -0.554. The number of benzene rings is 1. The smallest absolute Gasteiger partial charge is 0.326 e. The van der Waals surface area contributed by atoms with Crippen LogP contribution in [0.2, 0.25) is 0 Å². The molecule has 7 heteroatoms. The van der Waals surface area contributed by atoms with Crippen molar-refractivity contribution >= 4 is 17.8 Å². The van der Waals surface area contributed by atoms with Gasteiger partial charge in [0.05, 0.1) is 6.10 Å². The molecule has 2 rings (SSSR count). The highest BCUT2D eigenvalue weighted by molar-refractivity contribution is 6.00. The summed E-state index contributed by atoms with van der Waals surface area (Å²) in [6, 6.07) is 4.68. The van der Waals surface area contributed by atoms with E-state index < -0.39 is 29.9 Å². The number of aliphatic carboxylic acids is 1. The Balaban J connectivity index is 2.28. The van der Waals surface area contributed by atoms with Crippen LogP contribution in [0.4, 0.5) is 0 Å². The molecule has 0 bridgehead atoms. The molecule has 0 radical (unpaired) electrons. The molecule has 1 aliphatic heterocycles. The quantitative estimate of drug-likeness (QED) is 0.684. The fraction of sp³-hybridized carbons (Fsp3) is 0.308. The predicted molar refractivity (Wildman–Crippen MR) is 68.0 cm³/mol. The van der Waals surface area contributed by atoms with Crippen molar-refractivity contribution in [1.82, 2.24) is 4.90 Å². The molecule has 0 aliphatic carbocycles. The van der Waals surface area contributed by atoms with E-state index in [1.165, 1.54) is 24.3 Å². The third-order valence-electron chi connectivity index (χ3n) is 3.22. The van der Waals surface area contributed by atoms with Crippen LogP contribution in [0.3, 0.4) is 0 Å². The normalized spacial score (nSPS) is 21.8. The number of carboxylic acids is 1. The van der Waals surface area contributed by atoms with E-state index in [0.717, 1.165) is 4.90 Å². The van der Waals surface area contributed by atoms with Crippen molar-refractivity contribution in [3.63, 3.8) is 0 Å². The number of hydrogen-bond donors (Lipinski definition) is 3. The van der Waals surface area contributed by atoms with Gasteiger partial charge in [-0.05, 0) is 18.2 Å². The van der Waals surface area contributed by atoms with E-state index in [9.17, 15) is 19.5 Å². The highest BCUT2D eigenvalue weighted by Gasteiger charge is 2.39. The number of aliphatic hydroxyl groups is 1. The highest BCUT2D eigenvalue weighted by Crippen LogP contribution is 2.21. The summed E-state index contributed by atoms with van der Waals surface area (Å²) in [5.74, 6) is -2.38. The van der Waals surface area contributed by atoms with Crippen molar-refractivity contribution in [2.24, 2.45) is 5.73 Å². The molecule has 20 heavy (non-hydrogen) atoms. The number of primary amides is 1. The van der Waals surface area contributed by atoms with Gasteiger partial charge in [-0.15, -0.1) is 0 Å². The van der Waals surface area contributed by atoms with Crippen LogP contribution >= 0.6 is 0 Å². The first-order valence-corrected chi connectivity index (χ1v) is 6.02. The minimum absolute atomic E-state index is 0.00339. The second-order valence-electron chi connectivity index (χ2n) is 4.65. The van der Waals surface area contributed by atoms with Crippen LogP contribution in [-0.4, -0.2) is 51.6 Å². The zero-order valence-electron chi connectivity index (χ0n) is 10.5. The Morgan fingerprint density at radius 2 is 1.90 bits per heavy atom. The van der Waals surface area contributed by atoms with Crippen LogP contribution in [0.25, 0.3) is 0 Å². The van der Waals surface area contributed by atoms with Crippen molar-refractivity contribution in [3.05, 3.63) is 35.4 Å². The Morgan fingerprint density at radius 3 is 2.50 bits per heavy atom. The molecule has 1 saturated heterocycles. The van der Waals surface area contributed by atoms with E-state index in [1.54, 1.807) is 0 Å². The van der Waals surface area contributed by atoms with E-state index in [0.29, 0.717) is 0 Å². The molecule has 0 unspecified atom stereocenters. The monoisotopic (exact) mass is 278 g/mol. The molecular weight excluding hydrogens is 264 g/mol. The maximum absolute atomic E-state index is 12.3. The van der Waals surface area contributed by atoms with Gasteiger partial charge in [-0.25, -0.2) is 4.79 Å². The molecule has 0 saturated carbocycles. The largest absolute Gasteiger partial charge is 0.480 e. The van der Waals surface area contributed by atoms with Gasteiger partial charge in [0.2, 0.25) is 5.91 Å². The number of carboxylic acid groups (broad SMARTS) is 1. The number of aliphatic hydroxyl groups excluding tert-OH is 1. The number of nitrogens with zero attached hydrogens (tertiary/aromatic N) is 1. The molecule has 2 atom stereocenters. The SMILES string of the molecule is NC(=O)c1cccc(C(=O)N2C[C@H](O)C[C@H]2C(=O)O)c1. The zero-order chi connectivity index (χ0) is 14.9. The van der Waals surface area contributed by atoms with Gasteiger partial charge in [-0.2, -0.15) is 0 Å². The molecule has 1 aromatic carbocycles. The third-order valence-corrected chi connectivity index (χ3v) is 3.22. The van der Waals surface area contributed by atoms with Crippen LogP contribution in [0.5, 0.6) is 0 Å². The van der Waals surface area contributed by atoms with Gasteiger partial charge in [0.1, 0.15) is 6.04 Å². The first-order chi connectivity index (χ1) is 9.40. The molecule has 0 aromatic heterocycles. The summed E-state index contributed by atoms with van der Waals surface area (Å²) in [5.41, 5.74) is 5.47. The highest BCUT2D eigenvalue weighted by atomic mass is 16.4. The van der Waals surface area contributed by atoms with Crippen LogP contribution < -0.4 is 5.73 Å². The number of β-amino-alcohol motifs (C(OH)–C–C–N with tert-alkyl or cyclic N) is 1. The van der Waals surface area contributed by atoms with Gasteiger partial charge >= 0.3 is 5.97 Å². The number of hydrogen-bond acceptors (Lipinski definition) is 4. The summed E-state index contributed by atoms with van der Waals surface area (Å²) < 4.78 is 0. The van der Waals surface area contributed by atoms with Crippen LogP contribution in [0.15, 0.2) is 24.3 Å². The van der Waals surface area contributed by atoms with E-state index in [-0.39, 0.29) is 24.1 Å². The second-order valence-corrected chi connectivity index (χ2v) is 4.65. The van der Waals surface area contributed by atoms with E-state index in [1.807, 2.05) is 0 Å². The van der Waals surface area contributed by atoms with E-state index >= 15 is 0 Å². The third kappa shape index (κ3) is 2.62. The summed E-state index contributed by atoms with van der Waals surface area (Å²) in [4.78, 5) is 35.5. The average Bonchev–Trinajstić information content (AvgIpc) is 2.80. The molecule has 106 valence electrons. The number of carbonyl (C=O) groups excluding carboxylic acids is 2. The maximum Gasteiger partial charge on any atom is 0.326 e. The lowest BCUT2D eigenvalue weighted by Gasteiger charge is -2.21. The Bertz CT molecular complexity index is 572. The van der Waals surface area contributed by atoms with Crippen LogP contribution in [-0.2, 0) is 4.79 Å². The molecule has 4 N–H and O–H groups in total. The maximum atomic E-state index is 12.3. The number of rotatable bonds is 3. The van der Waals surface area contributed by atoms with Gasteiger partial charge in [0.15, 0.2) is 0 Å². The Hall–Kier alpha value is -2.41. The minimum Gasteiger partial charge on any atom is -0.480 e. The lowest BCUT2D eigenvalue weighted by atomic mass is 10.1. The van der Waals surface area contributed by atoms with Gasteiger partial charge in [0, 0.05) is 24.1 Å². The first-order valence-electron chi connectivity index (χ1n) is 6.02. The first kappa shape index (κ1) is 14.0. The molecule has 1 heterocycles. The standard InChI is InChI=1S/C13H14N2O5/c14-11(17)7-2-1-3-8(4-7)12(18)15-6-9(16)5-10(15)13(19)20/h1-4,9-10,16H,5-6H2,(H2,14,17)(H,19,20)/t9-,10+/m1/s1. The molecular formula is C13H14N2O5. The van der Waals surface area contributed by atoms with Crippen molar-refractivity contribution in [2.45, 2.75) is 18.6 Å². The topological polar surface area (TPSA) is 121 Å². The van der Waals surface area contributed by atoms with E-state index in [4.69, 9.17) is 10.8 Å². The van der Waals surface area contributed by atoms with Gasteiger partial charge < -0.3 is 20.8 Å². The van der Waals surface area contributed by atoms with Crippen molar-refractivity contribution in [3.8, 4) is 0 Å². The van der Waals surface area contributed by atoms with Crippen molar-refractivity contribution < 1.29 is 24.6 Å². The second kappa shape index (κ2) is 5.30. The fourth-order valence-electron chi connectivity index (χ4n) is 2.24. The lowest BCUT2D eigenvalue weighted by molar-refractivity contribution is -0.141. The Kier molecular flexibility index (Phi) is 3.71. The van der Waals surface area contributed by atoms with Crippen molar-refractivity contribution in [1.29, 1.82) is 0 Å². The van der Waals surface area contributed by atoms with Gasteiger partial charge in [-0.1, -0.05) is 6.07 Å². The lowest BCUT2D eigenvalue weighted by Crippen LogP contribution is -2.40. The summed E-state index contributed by atoms with van der Waals surface area (Å²) in [6.07, 6.45) is -0.865. The van der Waals surface area contributed by atoms with Gasteiger partial charge in [-0.3, -0.25) is 9.59 Å². The molecule has 7 nitrogen and oxygen atoms in total. The minimum atomic E-state index is -1.17. The molecule has 1 fully saturated rings. The Morgan fingerprint density at radius 1 is 1.25 bits per heavy atom.